The number of aromatic nitrogens is 2. The molecule has 2 atom stereocenters. The van der Waals surface area contributed by atoms with Crippen LogP contribution < -0.4 is 14.4 Å². The molecule has 3 aliphatic heterocycles. The number of allylic oxidation sites excluding steroid dienone is 2. The van der Waals surface area contributed by atoms with Gasteiger partial charge in [0.15, 0.2) is 0 Å². The Morgan fingerprint density at radius 3 is 2.63 bits per heavy atom. The maximum atomic E-state index is 14.0. The number of ether oxygens (including phenoxy) is 2. The Labute approximate surface area is 376 Å². The lowest BCUT2D eigenvalue weighted by Crippen LogP contribution is -2.47. The average molecular weight is 891 g/mol. The molecule has 4 fully saturated rings. The first-order valence-corrected chi connectivity index (χ1v) is 23.5. The summed E-state index contributed by atoms with van der Waals surface area (Å²) < 4.78 is 14.9. The Bertz CT molecular complexity index is 2500. The molecule has 10 rings (SSSR count). The molecule has 328 valence electrons. The van der Waals surface area contributed by atoms with E-state index >= 15 is 0 Å². The molecule has 6 aliphatic rings. The largest absolute Gasteiger partial charge is 0.455 e. The van der Waals surface area contributed by atoms with Crippen molar-refractivity contribution < 1.29 is 24.0 Å². The number of fused-ring (bicyclic) bond motifs is 2. The molecule has 3 aliphatic carbocycles. The highest BCUT2D eigenvalue weighted by molar-refractivity contribution is 8.02. The van der Waals surface area contributed by atoms with Crippen molar-refractivity contribution in [2.45, 2.75) is 51.4 Å². The summed E-state index contributed by atoms with van der Waals surface area (Å²) in [7, 11) is 0. The number of nitrogens with one attached hydrogen (secondary N) is 2. The number of nitrogens with zero attached hydrogens (tertiary/aromatic N) is 5. The average Bonchev–Trinajstić information content (AvgIpc) is 3.89. The van der Waals surface area contributed by atoms with E-state index in [1.807, 2.05) is 42.6 Å². The lowest BCUT2D eigenvalue weighted by molar-refractivity contribution is -0.434. The number of halogens is 1. The highest BCUT2D eigenvalue weighted by atomic mass is 35.5. The molecule has 2 amide bonds. The van der Waals surface area contributed by atoms with Gasteiger partial charge in [-0.15, -0.1) is 0 Å². The number of anilines is 1. The van der Waals surface area contributed by atoms with Gasteiger partial charge in [0.25, 0.3) is 11.6 Å². The van der Waals surface area contributed by atoms with Crippen LogP contribution >= 0.6 is 23.5 Å². The third kappa shape index (κ3) is 8.87. The number of hydrogen-bond donors (Lipinski definition) is 2. The first-order chi connectivity index (χ1) is 30.7. The van der Waals surface area contributed by atoms with E-state index in [1.54, 1.807) is 28.8 Å². The van der Waals surface area contributed by atoms with Crippen molar-refractivity contribution in [2.24, 2.45) is 23.2 Å². The molecule has 2 N–H and O–H groups in total. The molecular weight excluding hydrogens is 838 g/mol. The predicted molar refractivity (Wildman–Crippen MR) is 245 cm³/mol. The number of piperazine rings is 1. The van der Waals surface area contributed by atoms with Crippen molar-refractivity contribution in [3.05, 3.63) is 122 Å². The lowest BCUT2D eigenvalue weighted by Gasteiger charge is -2.47. The third-order valence-corrected chi connectivity index (χ3v) is 15.3. The van der Waals surface area contributed by atoms with Crippen LogP contribution in [0.1, 0.15) is 67.3 Å². The molecule has 63 heavy (non-hydrogen) atoms. The van der Waals surface area contributed by atoms with Crippen molar-refractivity contribution in [2.75, 3.05) is 63.9 Å². The molecule has 5 heterocycles. The van der Waals surface area contributed by atoms with Gasteiger partial charge in [0, 0.05) is 98.4 Å². The summed E-state index contributed by atoms with van der Waals surface area (Å²) in [5, 5.41) is 13.9. The first kappa shape index (κ1) is 41.8. The molecule has 15 heteroatoms. The van der Waals surface area contributed by atoms with E-state index in [1.165, 1.54) is 42.9 Å². The van der Waals surface area contributed by atoms with Gasteiger partial charge in [-0.3, -0.25) is 29.3 Å². The Hall–Kier alpha value is -5.15. The number of aromatic amines is 1. The smallest absolute Gasteiger partial charge is 0.265 e. The van der Waals surface area contributed by atoms with Crippen LogP contribution in [0.2, 0.25) is 5.02 Å². The molecule has 0 radical (unpaired) electrons. The normalized spacial score (nSPS) is 22.8. The number of pyridine rings is 1. The molecule has 2 aromatic heterocycles. The number of carbonyl (C=O) groups is 2. The topological polar surface area (TPSA) is 146 Å². The Morgan fingerprint density at radius 1 is 1.06 bits per heavy atom. The van der Waals surface area contributed by atoms with Gasteiger partial charge in [0.1, 0.15) is 17.1 Å². The van der Waals surface area contributed by atoms with Crippen LogP contribution in [0.4, 0.5) is 5.69 Å². The standard InChI is InChI=1S/C48H52ClN7O6S/c49-35-4-2-32(3-5-35)41-26-48(12-1-13-48)14-8-34(41)29-53-16-18-54(19-17-53)36-6-7-39(44(23-36)62-37-22-33-9-15-50-45(33)51-27-37)46(57)52-63-38-24-40-42(43(25-38)56(59)60)30-55(47(40)58)28-31-10-20-61-21-11-31/h2-7,9,15,22-25,27,31,40,42H,1,8,10-14,16-21,26,28-30H2,(H,50,51)(H,52,57). The highest BCUT2D eigenvalue weighted by Crippen LogP contribution is 2.55. The molecule has 0 bridgehead atoms. The number of nitro groups is 1. The van der Waals surface area contributed by atoms with Crippen molar-refractivity contribution in [1.82, 2.24) is 24.5 Å². The van der Waals surface area contributed by atoms with E-state index in [9.17, 15) is 19.7 Å². The molecular formula is C48H52ClN7O6S. The van der Waals surface area contributed by atoms with Crippen LogP contribution in [-0.4, -0.2) is 95.5 Å². The van der Waals surface area contributed by atoms with Crippen LogP contribution in [-0.2, 0) is 9.53 Å². The number of likely N-dealkylation sites (tertiary alicyclic amines) is 1. The summed E-state index contributed by atoms with van der Waals surface area (Å²) in [6.07, 6.45) is 16.0. The number of H-pyrrole nitrogens is 1. The number of rotatable bonds is 12. The SMILES string of the molecule is O=C(NSC1=CC2C(=O)N(CC3CCOCC3)CC2C([N+](=O)[O-])=C1)c1ccc(N2CCN(CC3=C(c4ccc(Cl)cc4)CC4(CCC4)CC3)CC2)cc1Oc1cnc2[nH]ccc2c1. The number of carbonyl (C=O) groups excluding carboxylic acids is 2. The molecule has 4 aromatic rings. The van der Waals surface area contributed by atoms with Gasteiger partial charge in [0.05, 0.1) is 28.5 Å². The van der Waals surface area contributed by atoms with Gasteiger partial charge in [-0.25, -0.2) is 4.98 Å². The molecule has 1 spiro atoms. The van der Waals surface area contributed by atoms with Gasteiger partial charge in [-0.2, -0.15) is 0 Å². The molecule has 13 nitrogen and oxygen atoms in total. The van der Waals surface area contributed by atoms with Crippen LogP contribution in [0.15, 0.2) is 95.3 Å². The fourth-order valence-electron chi connectivity index (χ4n) is 10.5. The number of benzene rings is 2. The van der Waals surface area contributed by atoms with Crippen LogP contribution in [0, 0.1) is 33.3 Å². The second-order valence-corrected chi connectivity index (χ2v) is 19.4. The van der Waals surface area contributed by atoms with Gasteiger partial charge in [0.2, 0.25) is 5.91 Å². The zero-order valence-corrected chi connectivity index (χ0v) is 36.8. The van der Waals surface area contributed by atoms with E-state index in [2.05, 4.69) is 36.6 Å². The summed E-state index contributed by atoms with van der Waals surface area (Å²) >= 11 is 7.27. The summed E-state index contributed by atoms with van der Waals surface area (Å²) in [6, 6.07) is 17.8. The van der Waals surface area contributed by atoms with Crippen molar-refractivity contribution in [3.63, 3.8) is 0 Å². The zero-order valence-electron chi connectivity index (χ0n) is 35.2. The van der Waals surface area contributed by atoms with Crippen LogP contribution in [0.5, 0.6) is 11.5 Å². The van der Waals surface area contributed by atoms with E-state index in [0.29, 0.717) is 59.6 Å². The fraction of sp³-hybridized carbons (Fsp3) is 0.438. The molecule has 1 saturated carbocycles. The van der Waals surface area contributed by atoms with E-state index in [-0.39, 0.29) is 11.6 Å². The lowest BCUT2D eigenvalue weighted by atomic mass is 9.59. The molecule has 2 unspecified atom stereocenters. The number of hydrogen-bond acceptors (Lipinski definition) is 10. The van der Waals surface area contributed by atoms with E-state index in [0.717, 1.165) is 92.1 Å². The van der Waals surface area contributed by atoms with Crippen LogP contribution in [0.25, 0.3) is 16.6 Å². The maximum absolute atomic E-state index is 14.0. The minimum Gasteiger partial charge on any atom is -0.455 e. The Kier molecular flexibility index (Phi) is 11.8. The minimum absolute atomic E-state index is 0.0114. The summed E-state index contributed by atoms with van der Waals surface area (Å²) in [4.78, 5) is 54.3. The van der Waals surface area contributed by atoms with Crippen molar-refractivity contribution in [1.29, 1.82) is 0 Å². The Balaban J connectivity index is 0.845. The second kappa shape index (κ2) is 17.8. The summed E-state index contributed by atoms with van der Waals surface area (Å²) in [5.74, 6) is -0.577. The van der Waals surface area contributed by atoms with E-state index < -0.39 is 22.7 Å². The van der Waals surface area contributed by atoms with Gasteiger partial charge >= 0.3 is 0 Å². The van der Waals surface area contributed by atoms with Crippen molar-refractivity contribution >= 4 is 57.7 Å². The van der Waals surface area contributed by atoms with Gasteiger partial charge < -0.3 is 24.3 Å². The molecule has 3 saturated heterocycles. The third-order valence-electron chi connectivity index (χ3n) is 14.3. The number of amides is 2. The predicted octanol–water partition coefficient (Wildman–Crippen LogP) is 8.88. The fourth-order valence-corrected chi connectivity index (χ4v) is 11.3. The van der Waals surface area contributed by atoms with E-state index in [4.69, 9.17) is 21.1 Å². The Morgan fingerprint density at radius 2 is 1.87 bits per heavy atom. The summed E-state index contributed by atoms with van der Waals surface area (Å²) in [6.45, 7) is 6.60. The minimum atomic E-state index is -0.659. The van der Waals surface area contributed by atoms with Crippen molar-refractivity contribution in [3.8, 4) is 11.5 Å². The quantitative estimate of drug-likeness (QED) is 0.0804. The highest BCUT2D eigenvalue weighted by Gasteiger charge is 2.48. The maximum Gasteiger partial charge on any atom is 0.265 e. The second-order valence-electron chi connectivity index (χ2n) is 18.1. The van der Waals surface area contributed by atoms with Gasteiger partial charge in [-0.1, -0.05) is 41.8 Å². The zero-order chi connectivity index (χ0) is 43.1. The van der Waals surface area contributed by atoms with Crippen LogP contribution in [0.3, 0.4) is 0 Å². The molecule has 2 aromatic carbocycles. The van der Waals surface area contributed by atoms with Gasteiger partial charge in [-0.05, 0) is 116 Å². The first-order valence-electron chi connectivity index (χ1n) is 22.3. The monoisotopic (exact) mass is 889 g/mol. The summed E-state index contributed by atoms with van der Waals surface area (Å²) in [5.41, 5.74) is 6.80.